The number of hydrogen-bond acceptors (Lipinski definition) is 7. The normalized spacial score (nSPS) is 22.4. The molecule has 1 fully saturated rings. The average molecular weight is 466 g/mol. The number of aliphatic imine (C=N–C) groups is 1. The van der Waals surface area contributed by atoms with Gasteiger partial charge in [0.2, 0.25) is 5.91 Å². The van der Waals surface area contributed by atoms with E-state index in [1.54, 1.807) is 62.7 Å². The van der Waals surface area contributed by atoms with Gasteiger partial charge in [0, 0.05) is 37.6 Å². The van der Waals surface area contributed by atoms with Crippen LogP contribution in [0, 0.1) is 5.92 Å². The number of aliphatic hydroxyl groups excluding tert-OH is 1. The van der Waals surface area contributed by atoms with Crippen molar-refractivity contribution in [3.05, 3.63) is 65.4 Å². The number of nitrogens with one attached hydrogen (secondary N) is 1. The first-order chi connectivity index (χ1) is 16.3. The van der Waals surface area contributed by atoms with E-state index in [1.165, 1.54) is 9.80 Å². The molecule has 178 valence electrons. The van der Waals surface area contributed by atoms with E-state index < -0.39 is 29.9 Å². The SMILES string of the molecule is CN(C)C(=O)C1C=CC=CC=C1N1CCOC(C(O)C(=O)Nc2ccc3c(c2)CN=C3N)C1=O. The molecule has 4 N–H and O–H groups in total. The number of fused-ring (bicyclic) bond motifs is 1. The van der Waals surface area contributed by atoms with Gasteiger partial charge in [-0.15, -0.1) is 0 Å². The number of ether oxygens (including phenoxy) is 1. The minimum absolute atomic E-state index is 0.101. The molecule has 1 aromatic rings. The van der Waals surface area contributed by atoms with Crippen molar-refractivity contribution < 1.29 is 24.2 Å². The molecular formula is C24H27N5O5. The third-order valence-electron chi connectivity index (χ3n) is 5.88. The van der Waals surface area contributed by atoms with Gasteiger partial charge in [0.15, 0.2) is 12.2 Å². The van der Waals surface area contributed by atoms with E-state index in [0.717, 1.165) is 11.1 Å². The van der Waals surface area contributed by atoms with E-state index in [2.05, 4.69) is 10.3 Å². The van der Waals surface area contributed by atoms with Gasteiger partial charge in [-0.2, -0.15) is 0 Å². The molecule has 3 atom stereocenters. The predicted molar refractivity (Wildman–Crippen MR) is 126 cm³/mol. The van der Waals surface area contributed by atoms with Crippen LogP contribution in [0.15, 0.2) is 59.3 Å². The Bertz CT molecular complexity index is 1140. The van der Waals surface area contributed by atoms with Crippen molar-refractivity contribution in [3.8, 4) is 0 Å². The summed E-state index contributed by atoms with van der Waals surface area (Å²) in [5, 5.41) is 13.3. The molecule has 34 heavy (non-hydrogen) atoms. The molecule has 1 saturated heterocycles. The van der Waals surface area contributed by atoms with E-state index in [0.29, 0.717) is 23.8 Å². The van der Waals surface area contributed by atoms with E-state index in [4.69, 9.17) is 10.5 Å². The Morgan fingerprint density at radius 2 is 2.09 bits per heavy atom. The fourth-order valence-electron chi connectivity index (χ4n) is 4.09. The predicted octanol–water partition coefficient (Wildman–Crippen LogP) is 0.147. The number of amides is 3. The second kappa shape index (κ2) is 9.62. The van der Waals surface area contributed by atoms with Crippen LogP contribution in [0.5, 0.6) is 0 Å². The molecule has 0 bridgehead atoms. The van der Waals surface area contributed by atoms with Crippen molar-refractivity contribution in [1.29, 1.82) is 0 Å². The number of nitrogens with two attached hydrogens (primary N) is 1. The highest BCUT2D eigenvalue weighted by molar-refractivity contribution is 6.03. The lowest BCUT2D eigenvalue weighted by molar-refractivity contribution is -0.164. The number of allylic oxidation sites excluding steroid dienone is 4. The Hall–Kier alpha value is -3.76. The molecule has 1 aliphatic carbocycles. The Kier molecular flexibility index (Phi) is 6.62. The fraction of sp³-hybridized carbons (Fsp3) is 0.333. The van der Waals surface area contributed by atoms with Crippen LogP contribution in [0.2, 0.25) is 0 Å². The summed E-state index contributed by atoms with van der Waals surface area (Å²) in [4.78, 5) is 45.8. The summed E-state index contributed by atoms with van der Waals surface area (Å²) in [7, 11) is 3.28. The molecule has 2 aliphatic heterocycles. The average Bonchev–Trinajstić information content (AvgIpc) is 3.02. The minimum Gasteiger partial charge on any atom is -0.383 e. The number of morpholine rings is 1. The molecular weight excluding hydrogens is 438 g/mol. The summed E-state index contributed by atoms with van der Waals surface area (Å²) < 4.78 is 5.50. The molecule has 3 aliphatic rings. The molecule has 2 heterocycles. The van der Waals surface area contributed by atoms with Crippen LogP contribution in [-0.2, 0) is 25.7 Å². The van der Waals surface area contributed by atoms with Gasteiger partial charge in [0.25, 0.3) is 11.8 Å². The summed E-state index contributed by atoms with van der Waals surface area (Å²) in [6, 6.07) is 5.12. The zero-order valence-corrected chi connectivity index (χ0v) is 19.0. The second-order valence-corrected chi connectivity index (χ2v) is 8.36. The second-order valence-electron chi connectivity index (χ2n) is 8.36. The van der Waals surface area contributed by atoms with E-state index in [1.807, 2.05) is 0 Å². The lowest BCUT2D eigenvalue weighted by atomic mass is 10.00. The number of carbonyl (C=O) groups excluding carboxylic acids is 3. The first kappa shape index (κ1) is 23.4. The summed E-state index contributed by atoms with van der Waals surface area (Å²) in [6.07, 6.45) is 5.50. The molecule has 0 saturated carbocycles. The zero-order chi connectivity index (χ0) is 24.4. The molecule has 0 aromatic heterocycles. The largest absolute Gasteiger partial charge is 0.383 e. The monoisotopic (exact) mass is 465 g/mol. The topological polar surface area (TPSA) is 138 Å². The van der Waals surface area contributed by atoms with E-state index in [-0.39, 0.29) is 19.1 Å². The van der Waals surface area contributed by atoms with E-state index in [9.17, 15) is 19.5 Å². The molecule has 0 spiro atoms. The number of hydrogen-bond donors (Lipinski definition) is 3. The van der Waals surface area contributed by atoms with Crippen molar-refractivity contribution in [1.82, 2.24) is 9.80 Å². The molecule has 1 aromatic carbocycles. The van der Waals surface area contributed by atoms with Crippen LogP contribution in [0.4, 0.5) is 5.69 Å². The van der Waals surface area contributed by atoms with Crippen molar-refractivity contribution in [3.63, 3.8) is 0 Å². The third-order valence-corrected chi connectivity index (χ3v) is 5.88. The molecule has 10 heteroatoms. The van der Waals surface area contributed by atoms with Crippen molar-refractivity contribution in [2.24, 2.45) is 16.6 Å². The van der Waals surface area contributed by atoms with Crippen LogP contribution < -0.4 is 11.1 Å². The van der Waals surface area contributed by atoms with Gasteiger partial charge >= 0.3 is 0 Å². The summed E-state index contributed by atoms with van der Waals surface area (Å²) in [5.74, 6) is -1.79. The van der Waals surface area contributed by atoms with Crippen LogP contribution >= 0.6 is 0 Å². The van der Waals surface area contributed by atoms with Crippen LogP contribution in [-0.4, -0.2) is 77.9 Å². The van der Waals surface area contributed by atoms with E-state index >= 15 is 0 Å². The molecule has 4 rings (SSSR count). The third kappa shape index (κ3) is 4.50. The number of anilines is 1. The highest BCUT2D eigenvalue weighted by Crippen LogP contribution is 2.26. The number of rotatable bonds is 5. The molecule has 3 unspecified atom stereocenters. The highest BCUT2D eigenvalue weighted by atomic mass is 16.5. The van der Waals surface area contributed by atoms with Gasteiger partial charge in [-0.05, 0) is 29.8 Å². The van der Waals surface area contributed by atoms with Crippen LogP contribution in [0.1, 0.15) is 11.1 Å². The minimum atomic E-state index is -1.75. The first-order valence-corrected chi connectivity index (χ1v) is 10.9. The Morgan fingerprint density at radius 1 is 1.29 bits per heavy atom. The molecule has 0 radical (unpaired) electrons. The maximum Gasteiger partial charge on any atom is 0.259 e. The van der Waals surface area contributed by atoms with Crippen molar-refractivity contribution in [2.75, 3.05) is 32.6 Å². The number of amidine groups is 1. The number of nitrogens with zero attached hydrogens (tertiary/aromatic N) is 3. The number of aliphatic hydroxyl groups is 1. The maximum atomic E-state index is 13.3. The van der Waals surface area contributed by atoms with Crippen LogP contribution in [0.25, 0.3) is 0 Å². The van der Waals surface area contributed by atoms with Gasteiger partial charge < -0.3 is 30.7 Å². The highest BCUT2D eigenvalue weighted by Gasteiger charge is 2.42. The fourth-order valence-corrected chi connectivity index (χ4v) is 4.09. The Morgan fingerprint density at radius 3 is 2.85 bits per heavy atom. The maximum absolute atomic E-state index is 13.3. The van der Waals surface area contributed by atoms with Gasteiger partial charge in [0.05, 0.1) is 19.1 Å². The van der Waals surface area contributed by atoms with Gasteiger partial charge in [0.1, 0.15) is 5.84 Å². The number of carbonyl (C=O) groups is 3. The molecule has 3 amide bonds. The quantitative estimate of drug-likeness (QED) is 0.566. The summed E-state index contributed by atoms with van der Waals surface area (Å²) >= 11 is 0. The standard InChI is InChI=1S/C24H27N5O5/c1-28(2)23(32)17-6-4-3-5-7-18(17)29-10-11-34-20(24(29)33)19(30)22(31)27-15-8-9-16-14(12-15)13-26-21(16)25/h3-9,12,17,19-20,30H,10-11,13H2,1-2H3,(H2,25,26)(H,27,31). The van der Waals surface area contributed by atoms with Crippen molar-refractivity contribution >= 4 is 29.2 Å². The van der Waals surface area contributed by atoms with Crippen LogP contribution in [0.3, 0.4) is 0 Å². The first-order valence-electron chi connectivity index (χ1n) is 10.9. The Balaban J connectivity index is 1.49. The summed E-state index contributed by atoms with van der Waals surface area (Å²) in [6.45, 7) is 0.710. The summed E-state index contributed by atoms with van der Waals surface area (Å²) in [5.41, 5.74) is 8.40. The number of benzene rings is 1. The smallest absolute Gasteiger partial charge is 0.259 e. The molecule has 10 nitrogen and oxygen atoms in total. The zero-order valence-electron chi connectivity index (χ0n) is 19.0. The van der Waals surface area contributed by atoms with Crippen molar-refractivity contribution in [2.45, 2.75) is 18.8 Å². The van der Waals surface area contributed by atoms with Gasteiger partial charge in [-0.25, -0.2) is 0 Å². The lowest BCUT2D eigenvalue weighted by Crippen LogP contribution is -2.55. The van der Waals surface area contributed by atoms with Gasteiger partial charge in [-0.1, -0.05) is 24.3 Å². The Labute approximate surface area is 197 Å². The van der Waals surface area contributed by atoms with Gasteiger partial charge in [-0.3, -0.25) is 19.4 Å². The lowest BCUT2D eigenvalue weighted by Gasteiger charge is -2.37.